The summed E-state index contributed by atoms with van der Waals surface area (Å²) in [5.41, 5.74) is 1.40. The van der Waals surface area contributed by atoms with E-state index in [-0.39, 0.29) is 0 Å². The van der Waals surface area contributed by atoms with Crippen LogP contribution in [0.4, 0.5) is 0 Å². The molecule has 0 aliphatic heterocycles. The summed E-state index contributed by atoms with van der Waals surface area (Å²) in [6.07, 6.45) is 2.69. The molecule has 0 spiro atoms. The van der Waals surface area contributed by atoms with Crippen molar-refractivity contribution in [2.75, 3.05) is 6.54 Å². The van der Waals surface area contributed by atoms with Crippen LogP contribution in [0.3, 0.4) is 0 Å². The highest BCUT2D eigenvalue weighted by atomic mass is 32.2. The molecular formula is C13H22N2S2. The number of rotatable bonds is 7. The number of aromatic nitrogens is 1. The van der Waals surface area contributed by atoms with Crippen molar-refractivity contribution in [3.05, 3.63) is 15.6 Å². The lowest BCUT2D eigenvalue weighted by atomic mass is 10.2. The molecule has 1 aliphatic carbocycles. The summed E-state index contributed by atoms with van der Waals surface area (Å²) in [6, 6.07) is 0. The highest BCUT2D eigenvalue weighted by Crippen LogP contribution is 2.43. The van der Waals surface area contributed by atoms with Crippen molar-refractivity contribution < 1.29 is 0 Å². The van der Waals surface area contributed by atoms with Crippen LogP contribution in [0.15, 0.2) is 0 Å². The standard InChI is InChI=1S/C13H22N2S2/c1-4-14-7-11-13(10-5-6-10)15-12(17-11)8-16-9(2)3/h9-10,14H,4-8H2,1-3H3. The molecule has 1 heterocycles. The highest BCUT2D eigenvalue weighted by Gasteiger charge is 2.29. The molecular weight excluding hydrogens is 248 g/mol. The number of hydrogen-bond acceptors (Lipinski definition) is 4. The first-order valence-corrected chi connectivity index (χ1v) is 8.38. The first-order valence-electron chi connectivity index (χ1n) is 6.51. The van der Waals surface area contributed by atoms with Gasteiger partial charge in [0.2, 0.25) is 0 Å². The molecule has 0 aromatic carbocycles. The Bertz CT molecular complexity index is 356. The average molecular weight is 270 g/mol. The van der Waals surface area contributed by atoms with Gasteiger partial charge in [-0.3, -0.25) is 0 Å². The van der Waals surface area contributed by atoms with Crippen LogP contribution in [0.1, 0.15) is 55.1 Å². The van der Waals surface area contributed by atoms with Gasteiger partial charge in [0.15, 0.2) is 0 Å². The van der Waals surface area contributed by atoms with E-state index in [0.717, 1.165) is 24.8 Å². The minimum Gasteiger partial charge on any atom is -0.312 e. The van der Waals surface area contributed by atoms with Crippen molar-refractivity contribution in [3.63, 3.8) is 0 Å². The molecule has 0 unspecified atom stereocenters. The zero-order chi connectivity index (χ0) is 12.3. The van der Waals surface area contributed by atoms with Crippen LogP contribution in [0.25, 0.3) is 0 Å². The topological polar surface area (TPSA) is 24.9 Å². The van der Waals surface area contributed by atoms with E-state index < -0.39 is 0 Å². The minimum atomic E-state index is 0.695. The predicted molar refractivity (Wildman–Crippen MR) is 77.9 cm³/mol. The van der Waals surface area contributed by atoms with Crippen LogP contribution in [-0.2, 0) is 12.3 Å². The van der Waals surface area contributed by atoms with Crippen molar-refractivity contribution in [1.82, 2.24) is 10.3 Å². The molecule has 2 rings (SSSR count). The largest absolute Gasteiger partial charge is 0.312 e. The van der Waals surface area contributed by atoms with Crippen LogP contribution in [0.5, 0.6) is 0 Å². The third-order valence-electron chi connectivity index (χ3n) is 2.81. The molecule has 4 heteroatoms. The van der Waals surface area contributed by atoms with Crippen LogP contribution >= 0.6 is 23.1 Å². The Hall–Kier alpha value is -0.0600. The summed E-state index contributed by atoms with van der Waals surface area (Å²) < 4.78 is 0. The molecule has 1 N–H and O–H groups in total. The molecule has 96 valence electrons. The number of thioether (sulfide) groups is 1. The van der Waals surface area contributed by atoms with Crippen molar-refractivity contribution in [2.24, 2.45) is 0 Å². The Morgan fingerprint density at radius 2 is 2.24 bits per heavy atom. The van der Waals surface area contributed by atoms with Gasteiger partial charge in [-0.1, -0.05) is 20.8 Å². The van der Waals surface area contributed by atoms with Crippen molar-refractivity contribution in [1.29, 1.82) is 0 Å². The first kappa shape index (κ1) is 13.4. The fraction of sp³-hybridized carbons (Fsp3) is 0.769. The van der Waals surface area contributed by atoms with E-state index in [1.165, 1.54) is 28.4 Å². The maximum absolute atomic E-state index is 4.85. The molecule has 0 radical (unpaired) electrons. The van der Waals surface area contributed by atoms with Gasteiger partial charge < -0.3 is 5.32 Å². The maximum Gasteiger partial charge on any atom is 0.103 e. The smallest absolute Gasteiger partial charge is 0.103 e. The van der Waals surface area contributed by atoms with Gasteiger partial charge in [-0.05, 0) is 24.6 Å². The Morgan fingerprint density at radius 3 is 2.82 bits per heavy atom. The summed E-state index contributed by atoms with van der Waals surface area (Å²) in [6.45, 7) is 8.71. The van der Waals surface area contributed by atoms with E-state index in [2.05, 4.69) is 26.1 Å². The van der Waals surface area contributed by atoms with Crippen LogP contribution < -0.4 is 5.32 Å². The fourth-order valence-electron chi connectivity index (χ4n) is 1.75. The zero-order valence-electron chi connectivity index (χ0n) is 11.0. The fourth-order valence-corrected chi connectivity index (χ4v) is 3.65. The Kier molecular flexibility index (Phi) is 4.88. The highest BCUT2D eigenvalue weighted by molar-refractivity contribution is 7.99. The lowest BCUT2D eigenvalue weighted by molar-refractivity contribution is 0.726. The maximum atomic E-state index is 4.85. The Balaban J connectivity index is 2.01. The van der Waals surface area contributed by atoms with Gasteiger partial charge in [-0.25, -0.2) is 4.98 Å². The van der Waals surface area contributed by atoms with Crippen molar-refractivity contribution in [2.45, 2.75) is 57.1 Å². The molecule has 1 aromatic rings. The summed E-state index contributed by atoms with van der Waals surface area (Å²) in [5, 5.41) is 5.44. The second-order valence-electron chi connectivity index (χ2n) is 4.83. The summed E-state index contributed by atoms with van der Waals surface area (Å²) in [5.74, 6) is 1.85. The third kappa shape index (κ3) is 3.97. The molecule has 17 heavy (non-hydrogen) atoms. The van der Waals surface area contributed by atoms with E-state index in [4.69, 9.17) is 4.98 Å². The Labute approximate surface area is 113 Å². The van der Waals surface area contributed by atoms with E-state index in [9.17, 15) is 0 Å². The zero-order valence-corrected chi connectivity index (χ0v) is 12.6. The summed E-state index contributed by atoms with van der Waals surface area (Å²) in [7, 11) is 0. The molecule has 0 saturated heterocycles. The molecule has 2 nitrogen and oxygen atoms in total. The van der Waals surface area contributed by atoms with Gasteiger partial charge >= 0.3 is 0 Å². The molecule has 1 aliphatic rings. The normalized spacial score (nSPS) is 15.8. The van der Waals surface area contributed by atoms with E-state index in [1.807, 2.05) is 23.1 Å². The average Bonchev–Trinajstić information content (AvgIpc) is 3.06. The van der Waals surface area contributed by atoms with Gasteiger partial charge in [-0.2, -0.15) is 11.8 Å². The third-order valence-corrected chi connectivity index (χ3v) is 5.17. The SMILES string of the molecule is CCNCc1sc(CSC(C)C)nc1C1CC1. The lowest BCUT2D eigenvalue weighted by Gasteiger charge is -2.00. The second kappa shape index (κ2) is 6.21. The summed E-state index contributed by atoms with van der Waals surface area (Å²) in [4.78, 5) is 6.34. The number of nitrogens with zero attached hydrogens (tertiary/aromatic N) is 1. The molecule has 1 aromatic heterocycles. The molecule has 0 atom stereocenters. The number of hydrogen-bond donors (Lipinski definition) is 1. The van der Waals surface area contributed by atoms with Crippen LogP contribution in [-0.4, -0.2) is 16.8 Å². The van der Waals surface area contributed by atoms with E-state index in [1.54, 1.807) is 0 Å². The monoisotopic (exact) mass is 270 g/mol. The van der Waals surface area contributed by atoms with Gasteiger partial charge in [0.1, 0.15) is 5.01 Å². The summed E-state index contributed by atoms with van der Waals surface area (Å²) >= 11 is 3.91. The minimum absolute atomic E-state index is 0.695. The molecule has 1 saturated carbocycles. The van der Waals surface area contributed by atoms with Gasteiger partial charge in [-0.15, -0.1) is 11.3 Å². The van der Waals surface area contributed by atoms with Gasteiger partial charge in [0.05, 0.1) is 5.69 Å². The number of thiazole rings is 1. The molecule has 1 fully saturated rings. The van der Waals surface area contributed by atoms with Gasteiger partial charge in [0.25, 0.3) is 0 Å². The quantitative estimate of drug-likeness (QED) is 0.816. The first-order chi connectivity index (χ1) is 8.20. The number of nitrogens with one attached hydrogen (secondary N) is 1. The molecule has 0 amide bonds. The molecule has 0 bridgehead atoms. The predicted octanol–water partition coefficient (Wildman–Crippen LogP) is 3.77. The Morgan fingerprint density at radius 1 is 1.47 bits per heavy atom. The van der Waals surface area contributed by atoms with E-state index in [0.29, 0.717) is 5.25 Å². The van der Waals surface area contributed by atoms with E-state index >= 15 is 0 Å². The van der Waals surface area contributed by atoms with Gasteiger partial charge in [0, 0.05) is 23.1 Å². The lowest BCUT2D eigenvalue weighted by Crippen LogP contribution is -2.11. The van der Waals surface area contributed by atoms with Crippen LogP contribution in [0, 0.1) is 0 Å². The second-order valence-corrected chi connectivity index (χ2v) is 7.56. The van der Waals surface area contributed by atoms with Crippen LogP contribution in [0.2, 0.25) is 0 Å². The van der Waals surface area contributed by atoms with Crippen molar-refractivity contribution in [3.8, 4) is 0 Å². The van der Waals surface area contributed by atoms with Crippen molar-refractivity contribution >= 4 is 23.1 Å².